The Morgan fingerprint density at radius 1 is 1.50 bits per heavy atom. The van der Waals surface area contributed by atoms with Crippen LogP contribution < -0.4 is 0 Å². The van der Waals surface area contributed by atoms with Gasteiger partial charge in [0.25, 0.3) is 0 Å². The minimum absolute atomic E-state index is 0.0462. The molecule has 2 atom stereocenters. The molecule has 0 saturated carbocycles. The average Bonchev–Trinajstić information content (AvgIpc) is 2.85. The molecule has 5 heteroatoms. The summed E-state index contributed by atoms with van der Waals surface area (Å²) in [5, 5.41) is 9.19. The van der Waals surface area contributed by atoms with Crippen molar-refractivity contribution in [2.45, 2.75) is 38.5 Å². The normalized spacial score (nSPS) is 28.3. The smallest absolute Gasteiger partial charge is 0.159 e. The van der Waals surface area contributed by atoms with Crippen molar-refractivity contribution in [1.82, 2.24) is 14.9 Å². The predicted octanol–water partition coefficient (Wildman–Crippen LogP) is 0.813. The Bertz CT molecular complexity index is 438. The molecule has 1 N–H and O–H groups in total. The molecular formula is C13H19N3O2. The second-order valence-electron chi connectivity index (χ2n) is 5.13. The second-order valence-corrected chi connectivity index (χ2v) is 5.13. The van der Waals surface area contributed by atoms with E-state index >= 15 is 0 Å². The van der Waals surface area contributed by atoms with E-state index in [1.165, 1.54) is 12.8 Å². The van der Waals surface area contributed by atoms with Crippen LogP contribution in [0.5, 0.6) is 0 Å². The largest absolute Gasteiger partial charge is 0.390 e. The highest BCUT2D eigenvalue weighted by molar-refractivity contribution is 5.11. The van der Waals surface area contributed by atoms with Crippen molar-refractivity contribution < 1.29 is 9.84 Å². The number of fused-ring (bicyclic) bond motifs is 1. The molecular weight excluding hydrogens is 230 g/mol. The molecule has 2 aliphatic rings. The molecule has 98 valence electrons. The van der Waals surface area contributed by atoms with Crippen LogP contribution in [0.3, 0.4) is 0 Å². The van der Waals surface area contributed by atoms with Crippen molar-refractivity contribution in [2.24, 2.45) is 0 Å². The van der Waals surface area contributed by atoms with E-state index in [4.69, 9.17) is 4.74 Å². The highest BCUT2D eigenvalue weighted by atomic mass is 16.5. The van der Waals surface area contributed by atoms with Gasteiger partial charge in [0, 0.05) is 18.3 Å². The number of aromatic nitrogens is 2. The first-order chi connectivity index (χ1) is 8.76. The molecule has 3 heterocycles. The Kier molecular flexibility index (Phi) is 3.28. The van der Waals surface area contributed by atoms with Gasteiger partial charge in [-0.05, 0) is 32.4 Å². The van der Waals surface area contributed by atoms with E-state index in [-0.39, 0.29) is 12.7 Å². The Balaban J connectivity index is 1.80. The van der Waals surface area contributed by atoms with Crippen LogP contribution >= 0.6 is 0 Å². The lowest BCUT2D eigenvalue weighted by atomic mass is 10.1. The minimum Gasteiger partial charge on any atom is -0.390 e. The number of hydrogen-bond donors (Lipinski definition) is 1. The van der Waals surface area contributed by atoms with Gasteiger partial charge in [-0.2, -0.15) is 0 Å². The van der Waals surface area contributed by atoms with Gasteiger partial charge in [0.05, 0.1) is 18.9 Å². The number of aliphatic hydroxyl groups is 1. The quantitative estimate of drug-likeness (QED) is 0.840. The third-order valence-corrected chi connectivity index (χ3v) is 3.76. The van der Waals surface area contributed by atoms with Crippen LogP contribution in [0.2, 0.25) is 0 Å². The number of ether oxygens (including phenoxy) is 1. The summed E-state index contributed by atoms with van der Waals surface area (Å²) in [6, 6.07) is 2.40. The lowest BCUT2D eigenvalue weighted by Gasteiger charge is -2.34. The van der Waals surface area contributed by atoms with Gasteiger partial charge in [-0.3, -0.25) is 4.90 Å². The maximum Gasteiger partial charge on any atom is 0.159 e. The van der Waals surface area contributed by atoms with Gasteiger partial charge in [-0.25, -0.2) is 9.97 Å². The van der Waals surface area contributed by atoms with Crippen LogP contribution in [-0.2, 0) is 11.3 Å². The highest BCUT2D eigenvalue weighted by Crippen LogP contribution is 2.28. The summed E-state index contributed by atoms with van der Waals surface area (Å²) in [6.45, 7) is 4.68. The van der Waals surface area contributed by atoms with Crippen molar-refractivity contribution in [3.8, 4) is 0 Å². The molecule has 2 saturated heterocycles. The molecule has 0 spiro atoms. The summed E-state index contributed by atoms with van der Waals surface area (Å²) in [7, 11) is 0. The molecule has 5 nitrogen and oxygen atoms in total. The van der Waals surface area contributed by atoms with E-state index in [0.29, 0.717) is 17.6 Å². The fourth-order valence-corrected chi connectivity index (χ4v) is 2.86. The molecule has 3 rings (SSSR count). The van der Waals surface area contributed by atoms with Crippen molar-refractivity contribution in [3.63, 3.8) is 0 Å². The fraction of sp³-hybridized carbons (Fsp3) is 0.692. The Hall–Kier alpha value is -1.04. The molecule has 2 aliphatic heterocycles. The summed E-state index contributed by atoms with van der Waals surface area (Å²) in [5.41, 5.74) is 1.56. The molecule has 1 aromatic heterocycles. The molecule has 0 aromatic carbocycles. The standard InChI is InChI=1S/C13H19N3O2/c1-9-5-10(7-17)15-13(14-9)12-6-16-4-2-3-11(16)8-18-12/h5,11-12,17H,2-4,6-8H2,1H3. The van der Waals surface area contributed by atoms with Gasteiger partial charge >= 0.3 is 0 Å². The molecule has 0 bridgehead atoms. The first-order valence-electron chi connectivity index (χ1n) is 6.57. The van der Waals surface area contributed by atoms with Crippen LogP contribution in [0, 0.1) is 6.92 Å². The van der Waals surface area contributed by atoms with Gasteiger partial charge in [0.1, 0.15) is 6.10 Å². The third-order valence-electron chi connectivity index (χ3n) is 3.76. The van der Waals surface area contributed by atoms with Crippen molar-refractivity contribution in [2.75, 3.05) is 19.7 Å². The predicted molar refractivity (Wildman–Crippen MR) is 66.0 cm³/mol. The molecule has 18 heavy (non-hydrogen) atoms. The van der Waals surface area contributed by atoms with Gasteiger partial charge < -0.3 is 9.84 Å². The lowest BCUT2D eigenvalue weighted by Crippen LogP contribution is -2.43. The zero-order chi connectivity index (χ0) is 12.5. The zero-order valence-electron chi connectivity index (χ0n) is 10.7. The summed E-state index contributed by atoms with van der Waals surface area (Å²) < 4.78 is 5.88. The van der Waals surface area contributed by atoms with E-state index in [1.54, 1.807) is 0 Å². The number of hydrogen-bond acceptors (Lipinski definition) is 5. The Morgan fingerprint density at radius 3 is 3.22 bits per heavy atom. The topological polar surface area (TPSA) is 58.5 Å². The number of rotatable bonds is 2. The van der Waals surface area contributed by atoms with E-state index in [9.17, 15) is 5.11 Å². The maximum absolute atomic E-state index is 9.19. The molecule has 2 fully saturated rings. The van der Waals surface area contributed by atoms with Crippen LogP contribution in [0.1, 0.15) is 36.2 Å². The Morgan fingerprint density at radius 2 is 2.39 bits per heavy atom. The SMILES string of the molecule is Cc1cc(CO)nc(C2CN3CCCC3CO2)n1. The third kappa shape index (κ3) is 2.25. The number of aryl methyl sites for hydroxylation is 1. The van der Waals surface area contributed by atoms with E-state index in [2.05, 4.69) is 14.9 Å². The summed E-state index contributed by atoms with van der Waals surface area (Å²) in [4.78, 5) is 11.3. The average molecular weight is 249 g/mol. The molecule has 0 radical (unpaired) electrons. The molecule has 0 amide bonds. The second kappa shape index (κ2) is 4.91. The summed E-state index contributed by atoms with van der Waals surface area (Å²) >= 11 is 0. The van der Waals surface area contributed by atoms with Gasteiger partial charge in [0.2, 0.25) is 0 Å². The Labute approximate surface area is 107 Å². The number of morpholine rings is 1. The number of nitrogens with zero attached hydrogens (tertiary/aromatic N) is 3. The first kappa shape index (κ1) is 12.0. The van der Waals surface area contributed by atoms with Gasteiger partial charge in [-0.15, -0.1) is 0 Å². The van der Waals surface area contributed by atoms with Crippen LogP contribution in [0.4, 0.5) is 0 Å². The number of aliphatic hydroxyl groups excluding tert-OH is 1. The maximum atomic E-state index is 9.19. The summed E-state index contributed by atoms with van der Waals surface area (Å²) in [6.07, 6.45) is 2.45. The molecule has 1 aromatic rings. The zero-order valence-corrected chi connectivity index (χ0v) is 10.7. The van der Waals surface area contributed by atoms with Crippen molar-refractivity contribution in [1.29, 1.82) is 0 Å². The monoisotopic (exact) mass is 249 g/mol. The molecule has 2 unspecified atom stereocenters. The highest BCUT2D eigenvalue weighted by Gasteiger charge is 2.34. The van der Waals surface area contributed by atoms with Crippen LogP contribution in [-0.4, -0.2) is 45.7 Å². The van der Waals surface area contributed by atoms with E-state index < -0.39 is 0 Å². The van der Waals surface area contributed by atoms with E-state index in [1.807, 2.05) is 13.0 Å². The lowest BCUT2D eigenvalue weighted by molar-refractivity contribution is -0.0543. The van der Waals surface area contributed by atoms with Gasteiger partial charge in [0.15, 0.2) is 5.82 Å². The minimum atomic E-state index is -0.0513. The van der Waals surface area contributed by atoms with Crippen molar-refractivity contribution >= 4 is 0 Å². The van der Waals surface area contributed by atoms with Crippen molar-refractivity contribution in [3.05, 3.63) is 23.3 Å². The fourth-order valence-electron chi connectivity index (χ4n) is 2.86. The van der Waals surface area contributed by atoms with Crippen LogP contribution in [0.15, 0.2) is 6.07 Å². The van der Waals surface area contributed by atoms with E-state index in [0.717, 1.165) is 25.4 Å². The molecule has 0 aliphatic carbocycles. The first-order valence-corrected chi connectivity index (χ1v) is 6.57. The summed E-state index contributed by atoms with van der Waals surface area (Å²) in [5.74, 6) is 0.712. The van der Waals surface area contributed by atoms with Gasteiger partial charge in [-0.1, -0.05) is 0 Å². The van der Waals surface area contributed by atoms with Crippen LogP contribution in [0.25, 0.3) is 0 Å².